The average molecular weight is 239 g/mol. The molecule has 1 aromatic rings. The molecular formula is C12H17NO4. The number of aliphatic hydroxyl groups is 1. The van der Waals surface area contributed by atoms with Crippen molar-refractivity contribution in [3.63, 3.8) is 0 Å². The molecule has 0 amide bonds. The van der Waals surface area contributed by atoms with Gasteiger partial charge in [0.05, 0.1) is 11.8 Å². The van der Waals surface area contributed by atoms with Crippen molar-refractivity contribution in [2.75, 3.05) is 6.61 Å². The normalized spacial score (nSPS) is 13.5. The van der Waals surface area contributed by atoms with Crippen molar-refractivity contribution in [1.29, 1.82) is 0 Å². The zero-order valence-corrected chi connectivity index (χ0v) is 9.92. The molecule has 1 aromatic carbocycles. The Morgan fingerprint density at radius 1 is 1.47 bits per heavy atom. The van der Waals surface area contributed by atoms with Crippen molar-refractivity contribution in [1.82, 2.24) is 0 Å². The van der Waals surface area contributed by atoms with Gasteiger partial charge in [-0.1, -0.05) is 12.1 Å². The highest BCUT2D eigenvalue weighted by atomic mass is 16.5. The lowest BCUT2D eigenvalue weighted by atomic mass is 10.1. The third-order valence-electron chi connectivity index (χ3n) is 2.42. The highest BCUT2D eigenvalue weighted by Crippen LogP contribution is 2.24. The second kappa shape index (κ2) is 6.10. The molecule has 0 unspecified atom stereocenters. The van der Waals surface area contributed by atoms with Crippen LogP contribution in [0.25, 0.3) is 0 Å². The summed E-state index contributed by atoms with van der Waals surface area (Å²) in [5.74, 6) is 0.438. The summed E-state index contributed by atoms with van der Waals surface area (Å²) >= 11 is 0. The molecule has 1 rings (SSSR count). The largest absolute Gasteiger partial charge is 0.507 e. The fraction of sp³-hybridized carbons (Fsp3) is 0.417. The van der Waals surface area contributed by atoms with Gasteiger partial charge in [0.1, 0.15) is 18.1 Å². The third-order valence-corrected chi connectivity index (χ3v) is 2.42. The van der Waals surface area contributed by atoms with Gasteiger partial charge in [-0.2, -0.15) is 0 Å². The van der Waals surface area contributed by atoms with Gasteiger partial charge in [0, 0.05) is 11.6 Å². The molecule has 5 heteroatoms. The summed E-state index contributed by atoms with van der Waals surface area (Å²) in [5, 5.41) is 30.6. The number of phenols is 1. The first-order valence-corrected chi connectivity index (χ1v) is 5.41. The van der Waals surface area contributed by atoms with Gasteiger partial charge in [-0.3, -0.25) is 0 Å². The molecule has 0 aliphatic heterocycles. The Hall–Kier alpha value is -1.75. The number of oxime groups is 1. The van der Waals surface area contributed by atoms with E-state index in [0.717, 1.165) is 0 Å². The predicted molar refractivity (Wildman–Crippen MR) is 63.9 cm³/mol. The van der Waals surface area contributed by atoms with E-state index in [9.17, 15) is 10.2 Å². The Morgan fingerprint density at radius 3 is 2.71 bits per heavy atom. The quantitative estimate of drug-likeness (QED) is 0.415. The van der Waals surface area contributed by atoms with Gasteiger partial charge >= 0.3 is 0 Å². The fourth-order valence-electron chi connectivity index (χ4n) is 1.27. The van der Waals surface area contributed by atoms with Crippen LogP contribution in [-0.4, -0.2) is 33.8 Å². The van der Waals surface area contributed by atoms with Gasteiger partial charge in [-0.15, -0.1) is 0 Å². The fourth-order valence-corrected chi connectivity index (χ4v) is 1.27. The number of ether oxygens (including phenoxy) is 1. The predicted octanol–water partition coefficient (Wildman–Crippen LogP) is 1.74. The van der Waals surface area contributed by atoms with E-state index in [1.807, 2.05) is 6.92 Å². The topological polar surface area (TPSA) is 82.3 Å². The molecule has 1 atom stereocenters. The van der Waals surface area contributed by atoms with E-state index in [-0.39, 0.29) is 12.4 Å². The number of rotatable bonds is 5. The first-order chi connectivity index (χ1) is 8.08. The maximum absolute atomic E-state index is 9.68. The van der Waals surface area contributed by atoms with E-state index in [1.54, 1.807) is 19.1 Å². The number of aromatic hydroxyl groups is 1. The Balaban J connectivity index is 2.75. The van der Waals surface area contributed by atoms with Crippen LogP contribution in [0.15, 0.2) is 23.4 Å². The van der Waals surface area contributed by atoms with Gasteiger partial charge in [-0.05, 0) is 25.5 Å². The summed E-state index contributed by atoms with van der Waals surface area (Å²) in [6.45, 7) is 3.62. The number of benzene rings is 1. The highest BCUT2D eigenvalue weighted by Gasteiger charge is 2.08. The Morgan fingerprint density at radius 2 is 2.18 bits per heavy atom. The van der Waals surface area contributed by atoms with E-state index < -0.39 is 6.10 Å². The minimum absolute atomic E-state index is 0.0243. The summed E-state index contributed by atoms with van der Waals surface area (Å²) in [4.78, 5) is 0. The zero-order valence-electron chi connectivity index (χ0n) is 9.92. The smallest absolute Gasteiger partial charge is 0.128 e. The zero-order chi connectivity index (χ0) is 12.8. The minimum Gasteiger partial charge on any atom is -0.507 e. The number of nitrogens with zero attached hydrogens (tertiary/aromatic N) is 1. The minimum atomic E-state index is -0.516. The molecule has 3 N–H and O–H groups in total. The molecule has 0 heterocycles. The van der Waals surface area contributed by atoms with Crippen LogP contribution in [0.2, 0.25) is 0 Å². The van der Waals surface area contributed by atoms with Crippen LogP contribution in [-0.2, 0) is 0 Å². The number of aliphatic hydroxyl groups excluding tert-OH is 1. The first kappa shape index (κ1) is 13.3. The molecule has 0 aliphatic carbocycles. The molecule has 94 valence electrons. The van der Waals surface area contributed by atoms with Gasteiger partial charge in [-0.25, -0.2) is 0 Å². The van der Waals surface area contributed by atoms with Crippen LogP contribution in [0, 0.1) is 0 Å². The third kappa shape index (κ3) is 3.64. The van der Waals surface area contributed by atoms with Crippen molar-refractivity contribution in [3.8, 4) is 11.5 Å². The van der Waals surface area contributed by atoms with Crippen molar-refractivity contribution < 1.29 is 20.2 Å². The lowest BCUT2D eigenvalue weighted by Gasteiger charge is -2.11. The maximum Gasteiger partial charge on any atom is 0.128 e. The van der Waals surface area contributed by atoms with Crippen LogP contribution in [0.3, 0.4) is 0 Å². The van der Waals surface area contributed by atoms with E-state index in [2.05, 4.69) is 5.16 Å². The highest BCUT2D eigenvalue weighted by molar-refractivity contribution is 6.00. The summed E-state index contributed by atoms with van der Waals surface area (Å²) in [6, 6.07) is 4.66. The van der Waals surface area contributed by atoms with Crippen molar-refractivity contribution in [2.24, 2.45) is 5.16 Å². The molecule has 0 aliphatic rings. The molecule has 0 saturated carbocycles. The Kier molecular flexibility index (Phi) is 4.78. The van der Waals surface area contributed by atoms with Crippen LogP contribution in [0.5, 0.6) is 11.5 Å². The van der Waals surface area contributed by atoms with Gasteiger partial charge in [0.2, 0.25) is 0 Å². The molecule has 0 spiro atoms. The number of hydrogen-bond acceptors (Lipinski definition) is 5. The van der Waals surface area contributed by atoms with Crippen molar-refractivity contribution in [2.45, 2.75) is 26.4 Å². The average Bonchev–Trinajstić information content (AvgIpc) is 2.35. The van der Waals surface area contributed by atoms with Crippen LogP contribution < -0.4 is 4.74 Å². The lowest BCUT2D eigenvalue weighted by Crippen LogP contribution is -2.16. The summed E-state index contributed by atoms with van der Waals surface area (Å²) < 4.78 is 5.30. The molecule has 0 fully saturated rings. The van der Waals surface area contributed by atoms with Gasteiger partial charge < -0.3 is 20.2 Å². The number of hydrogen-bond donors (Lipinski definition) is 3. The Labute approximate surface area is 100.0 Å². The second-order valence-corrected chi connectivity index (χ2v) is 3.74. The monoisotopic (exact) mass is 239 g/mol. The number of phenolic OH excluding ortho intramolecular Hbond substituents is 1. The standard InChI is InChI=1S/C12H17NO4/c1-3-9(14)7-17-10-4-5-11(8(2)13-16)12(15)6-10/h4-6,9,14-16H,3,7H2,1-2H3/b13-8-/t9-/m1/s1. The van der Waals surface area contributed by atoms with Gasteiger partial charge in [0.25, 0.3) is 0 Å². The van der Waals surface area contributed by atoms with E-state index in [1.165, 1.54) is 6.07 Å². The van der Waals surface area contributed by atoms with Gasteiger partial charge in [0.15, 0.2) is 0 Å². The molecule has 0 aromatic heterocycles. The lowest BCUT2D eigenvalue weighted by molar-refractivity contribution is 0.104. The molecule has 17 heavy (non-hydrogen) atoms. The Bertz CT molecular complexity index is 403. The SMILES string of the molecule is CC[C@@H](O)COc1ccc(/C(C)=N\O)c(O)c1. The second-order valence-electron chi connectivity index (χ2n) is 3.74. The summed E-state index contributed by atoms with van der Waals surface area (Å²) in [5.41, 5.74) is 0.763. The molecule has 5 nitrogen and oxygen atoms in total. The van der Waals surface area contributed by atoms with E-state index in [0.29, 0.717) is 23.4 Å². The van der Waals surface area contributed by atoms with E-state index in [4.69, 9.17) is 9.94 Å². The maximum atomic E-state index is 9.68. The summed E-state index contributed by atoms with van der Waals surface area (Å²) in [6.07, 6.45) is 0.0953. The van der Waals surface area contributed by atoms with E-state index >= 15 is 0 Å². The molecule has 0 bridgehead atoms. The molecular weight excluding hydrogens is 222 g/mol. The first-order valence-electron chi connectivity index (χ1n) is 5.41. The van der Waals surface area contributed by atoms with Crippen molar-refractivity contribution >= 4 is 5.71 Å². The van der Waals surface area contributed by atoms with Crippen LogP contribution in [0.1, 0.15) is 25.8 Å². The van der Waals surface area contributed by atoms with Crippen molar-refractivity contribution in [3.05, 3.63) is 23.8 Å². The van der Waals surface area contributed by atoms with Crippen LogP contribution in [0.4, 0.5) is 0 Å². The summed E-state index contributed by atoms with van der Waals surface area (Å²) in [7, 11) is 0. The van der Waals surface area contributed by atoms with Crippen LogP contribution >= 0.6 is 0 Å². The molecule has 0 radical (unpaired) electrons. The molecule has 0 saturated heterocycles.